The molecule has 2 aliphatic rings. The van der Waals surface area contributed by atoms with Crippen LogP contribution in [-0.4, -0.2) is 23.5 Å². The van der Waals surface area contributed by atoms with E-state index < -0.39 is 0 Å². The van der Waals surface area contributed by atoms with Gasteiger partial charge in [-0.2, -0.15) is 0 Å². The Bertz CT molecular complexity index is 141. The Morgan fingerprint density at radius 2 is 1.42 bits per heavy atom. The monoisotopic (exact) mass is 167 g/mol. The largest absolute Gasteiger partial charge is 0.298 e. The molecular formula is C11H21N. The number of rotatable bonds is 1. The maximum atomic E-state index is 2.75. The van der Waals surface area contributed by atoms with Crippen LogP contribution in [-0.2, 0) is 0 Å². The van der Waals surface area contributed by atoms with Crippen molar-refractivity contribution in [1.82, 2.24) is 4.90 Å². The third kappa shape index (κ3) is 1.52. The predicted octanol–water partition coefficient (Wildman–Crippen LogP) is 2.81. The summed E-state index contributed by atoms with van der Waals surface area (Å²) in [6, 6.07) is 0. The molecule has 2 rings (SSSR count). The van der Waals surface area contributed by atoms with Crippen molar-refractivity contribution in [3.63, 3.8) is 0 Å². The molecule has 1 aliphatic carbocycles. The van der Waals surface area contributed by atoms with Crippen LogP contribution in [0.3, 0.4) is 0 Å². The van der Waals surface area contributed by atoms with Crippen molar-refractivity contribution in [2.45, 2.75) is 57.4 Å². The lowest BCUT2D eigenvalue weighted by Crippen LogP contribution is -2.46. The Morgan fingerprint density at radius 3 is 2.00 bits per heavy atom. The molecule has 0 bridgehead atoms. The standard InChI is InChI=1S/C11H21N/c1-11(7-3-4-8-11)12-9-5-2-6-10-12/h2-10H2,1H3. The van der Waals surface area contributed by atoms with E-state index in [0.717, 1.165) is 0 Å². The zero-order chi connectivity index (χ0) is 8.44. The quantitative estimate of drug-likeness (QED) is 0.580. The van der Waals surface area contributed by atoms with Gasteiger partial charge < -0.3 is 0 Å². The van der Waals surface area contributed by atoms with Crippen LogP contribution in [0.1, 0.15) is 51.9 Å². The average molecular weight is 167 g/mol. The number of piperidine rings is 1. The highest BCUT2D eigenvalue weighted by Gasteiger charge is 2.34. The van der Waals surface area contributed by atoms with E-state index in [9.17, 15) is 0 Å². The summed E-state index contributed by atoms with van der Waals surface area (Å²) in [6.07, 6.45) is 10.2. The van der Waals surface area contributed by atoms with Crippen molar-refractivity contribution in [2.75, 3.05) is 13.1 Å². The van der Waals surface area contributed by atoms with E-state index in [0.29, 0.717) is 5.54 Å². The highest BCUT2D eigenvalue weighted by atomic mass is 15.2. The van der Waals surface area contributed by atoms with Gasteiger partial charge in [0.1, 0.15) is 0 Å². The van der Waals surface area contributed by atoms with E-state index in [1.165, 1.54) is 58.0 Å². The van der Waals surface area contributed by atoms with Gasteiger partial charge in [-0.1, -0.05) is 19.3 Å². The zero-order valence-electron chi connectivity index (χ0n) is 8.31. The SMILES string of the molecule is CC1(N2CCCCC2)CCCC1. The van der Waals surface area contributed by atoms with Crippen molar-refractivity contribution in [3.8, 4) is 0 Å². The second-order valence-electron chi connectivity index (χ2n) is 4.75. The van der Waals surface area contributed by atoms with E-state index in [4.69, 9.17) is 0 Å². The van der Waals surface area contributed by atoms with Crippen molar-refractivity contribution in [2.24, 2.45) is 0 Å². The molecule has 0 spiro atoms. The Kier molecular flexibility index (Phi) is 2.40. The molecule has 0 aromatic heterocycles. The third-order valence-electron chi connectivity index (χ3n) is 3.80. The molecule has 0 radical (unpaired) electrons. The molecular weight excluding hydrogens is 146 g/mol. The molecule has 2 fully saturated rings. The van der Waals surface area contributed by atoms with Gasteiger partial charge in [-0.05, 0) is 45.7 Å². The van der Waals surface area contributed by atoms with Gasteiger partial charge in [0.15, 0.2) is 0 Å². The maximum absolute atomic E-state index is 2.75. The summed E-state index contributed by atoms with van der Waals surface area (Å²) in [6.45, 7) is 5.22. The average Bonchev–Trinajstić information content (AvgIpc) is 2.55. The molecule has 0 aromatic rings. The summed E-state index contributed by atoms with van der Waals surface area (Å²) in [5, 5.41) is 0. The van der Waals surface area contributed by atoms with E-state index in [-0.39, 0.29) is 0 Å². The lowest BCUT2D eigenvalue weighted by molar-refractivity contribution is 0.0860. The molecule has 12 heavy (non-hydrogen) atoms. The molecule has 1 saturated carbocycles. The summed E-state index contributed by atoms with van der Waals surface area (Å²) in [5.74, 6) is 0. The first-order chi connectivity index (χ1) is 5.81. The summed E-state index contributed by atoms with van der Waals surface area (Å²) >= 11 is 0. The Morgan fingerprint density at radius 1 is 0.833 bits per heavy atom. The fourth-order valence-electron chi connectivity index (χ4n) is 2.89. The summed E-state index contributed by atoms with van der Waals surface area (Å²) in [5.41, 5.74) is 0.598. The first-order valence-electron chi connectivity index (χ1n) is 5.56. The molecule has 0 atom stereocenters. The minimum Gasteiger partial charge on any atom is -0.298 e. The highest BCUT2D eigenvalue weighted by molar-refractivity contribution is 4.91. The van der Waals surface area contributed by atoms with Gasteiger partial charge in [-0.3, -0.25) is 4.90 Å². The second kappa shape index (κ2) is 3.37. The van der Waals surface area contributed by atoms with Crippen molar-refractivity contribution in [1.29, 1.82) is 0 Å². The number of likely N-dealkylation sites (tertiary alicyclic amines) is 1. The smallest absolute Gasteiger partial charge is 0.0181 e. The van der Waals surface area contributed by atoms with Gasteiger partial charge in [-0.15, -0.1) is 0 Å². The molecule has 1 saturated heterocycles. The summed E-state index contributed by atoms with van der Waals surface area (Å²) < 4.78 is 0. The van der Waals surface area contributed by atoms with Crippen LogP contribution in [0.5, 0.6) is 0 Å². The van der Waals surface area contributed by atoms with Crippen LogP contribution in [0.25, 0.3) is 0 Å². The zero-order valence-corrected chi connectivity index (χ0v) is 8.31. The topological polar surface area (TPSA) is 3.24 Å². The number of hydrogen-bond acceptors (Lipinski definition) is 1. The minimum absolute atomic E-state index is 0.598. The molecule has 0 N–H and O–H groups in total. The molecule has 0 aromatic carbocycles. The maximum Gasteiger partial charge on any atom is 0.0181 e. The summed E-state index contributed by atoms with van der Waals surface area (Å²) in [4.78, 5) is 2.75. The van der Waals surface area contributed by atoms with Gasteiger partial charge in [0.2, 0.25) is 0 Å². The van der Waals surface area contributed by atoms with E-state index >= 15 is 0 Å². The molecule has 1 nitrogen and oxygen atoms in total. The van der Waals surface area contributed by atoms with Gasteiger partial charge in [0.05, 0.1) is 0 Å². The van der Waals surface area contributed by atoms with E-state index in [2.05, 4.69) is 11.8 Å². The van der Waals surface area contributed by atoms with E-state index in [1.54, 1.807) is 0 Å². The Hall–Kier alpha value is -0.0400. The minimum atomic E-state index is 0.598. The van der Waals surface area contributed by atoms with Crippen LogP contribution in [0, 0.1) is 0 Å². The Balaban J connectivity index is 1.96. The second-order valence-corrected chi connectivity index (χ2v) is 4.75. The Labute approximate surface area is 76.1 Å². The number of nitrogens with zero attached hydrogens (tertiary/aromatic N) is 1. The fourth-order valence-corrected chi connectivity index (χ4v) is 2.89. The van der Waals surface area contributed by atoms with Gasteiger partial charge >= 0.3 is 0 Å². The first kappa shape index (κ1) is 8.55. The molecule has 1 heteroatoms. The third-order valence-corrected chi connectivity index (χ3v) is 3.80. The van der Waals surface area contributed by atoms with Crippen molar-refractivity contribution < 1.29 is 0 Å². The highest BCUT2D eigenvalue weighted by Crippen LogP contribution is 2.36. The van der Waals surface area contributed by atoms with Gasteiger partial charge in [0, 0.05) is 5.54 Å². The van der Waals surface area contributed by atoms with Crippen molar-refractivity contribution in [3.05, 3.63) is 0 Å². The van der Waals surface area contributed by atoms with Crippen LogP contribution < -0.4 is 0 Å². The van der Waals surface area contributed by atoms with Crippen LogP contribution >= 0.6 is 0 Å². The molecule has 70 valence electrons. The van der Waals surface area contributed by atoms with E-state index in [1.807, 2.05) is 0 Å². The lowest BCUT2D eigenvalue weighted by Gasteiger charge is -2.41. The van der Waals surface area contributed by atoms with Gasteiger partial charge in [0.25, 0.3) is 0 Å². The molecule has 0 amide bonds. The molecule has 0 unspecified atom stereocenters. The lowest BCUT2D eigenvalue weighted by atomic mass is 9.95. The molecule has 1 heterocycles. The van der Waals surface area contributed by atoms with Crippen LogP contribution in [0.2, 0.25) is 0 Å². The normalized spacial score (nSPS) is 30.8. The first-order valence-corrected chi connectivity index (χ1v) is 5.56. The van der Waals surface area contributed by atoms with Crippen LogP contribution in [0.4, 0.5) is 0 Å². The van der Waals surface area contributed by atoms with Crippen molar-refractivity contribution >= 4 is 0 Å². The predicted molar refractivity (Wildman–Crippen MR) is 52.3 cm³/mol. The van der Waals surface area contributed by atoms with Gasteiger partial charge in [-0.25, -0.2) is 0 Å². The number of hydrogen-bond donors (Lipinski definition) is 0. The fraction of sp³-hybridized carbons (Fsp3) is 1.00. The summed E-state index contributed by atoms with van der Waals surface area (Å²) in [7, 11) is 0. The van der Waals surface area contributed by atoms with Crippen LogP contribution in [0.15, 0.2) is 0 Å². The molecule has 1 aliphatic heterocycles.